The Labute approximate surface area is 109 Å². The van der Waals surface area contributed by atoms with Crippen LogP contribution in [-0.2, 0) is 0 Å². The second-order valence-electron chi connectivity index (χ2n) is 4.65. The maximum Gasteiger partial charge on any atom is 0.257 e. The molecular formula is C13H15F3N2O. The van der Waals surface area contributed by atoms with Gasteiger partial charge in [-0.05, 0) is 31.8 Å². The SMILES string of the molecule is O=C(NCC1CCNCC1)c1c(F)cc(F)cc1F. The van der Waals surface area contributed by atoms with Crippen LogP contribution in [0.15, 0.2) is 12.1 Å². The Hall–Kier alpha value is -1.56. The molecule has 0 atom stereocenters. The molecular weight excluding hydrogens is 257 g/mol. The van der Waals surface area contributed by atoms with Crippen molar-refractivity contribution in [3.63, 3.8) is 0 Å². The Morgan fingerprint density at radius 1 is 1.21 bits per heavy atom. The van der Waals surface area contributed by atoms with Gasteiger partial charge < -0.3 is 10.6 Å². The normalized spacial score (nSPS) is 16.4. The Balaban J connectivity index is 1.99. The van der Waals surface area contributed by atoms with Crippen LogP contribution in [0.2, 0.25) is 0 Å². The predicted molar refractivity (Wildman–Crippen MR) is 64.2 cm³/mol. The first kappa shape index (κ1) is 13.9. The van der Waals surface area contributed by atoms with E-state index < -0.39 is 28.9 Å². The fourth-order valence-corrected chi connectivity index (χ4v) is 2.17. The molecule has 3 nitrogen and oxygen atoms in total. The van der Waals surface area contributed by atoms with Gasteiger partial charge in [0, 0.05) is 18.7 Å². The molecule has 0 unspecified atom stereocenters. The van der Waals surface area contributed by atoms with E-state index in [4.69, 9.17) is 0 Å². The van der Waals surface area contributed by atoms with Crippen molar-refractivity contribution in [2.24, 2.45) is 5.92 Å². The van der Waals surface area contributed by atoms with E-state index in [-0.39, 0.29) is 0 Å². The van der Waals surface area contributed by atoms with Crippen molar-refractivity contribution in [2.45, 2.75) is 12.8 Å². The van der Waals surface area contributed by atoms with Crippen LogP contribution in [0.25, 0.3) is 0 Å². The summed E-state index contributed by atoms with van der Waals surface area (Å²) in [5.74, 6) is -3.93. The molecule has 0 bridgehead atoms. The van der Waals surface area contributed by atoms with E-state index in [0.29, 0.717) is 24.6 Å². The average molecular weight is 272 g/mol. The number of piperidine rings is 1. The first-order chi connectivity index (χ1) is 9.08. The predicted octanol–water partition coefficient (Wildman–Crippen LogP) is 1.83. The Morgan fingerprint density at radius 2 is 1.79 bits per heavy atom. The molecule has 2 N–H and O–H groups in total. The summed E-state index contributed by atoms with van der Waals surface area (Å²) in [4.78, 5) is 11.7. The van der Waals surface area contributed by atoms with Crippen LogP contribution >= 0.6 is 0 Å². The second-order valence-corrected chi connectivity index (χ2v) is 4.65. The maximum atomic E-state index is 13.4. The van der Waals surface area contributed by atoms with Gasteiger partial charge in [0.2, 0.25) is 0 Å². The highest BCUT2D eigenvalue weighted by atomic mass is 19.1. The molecule has 1 aliphatic heterocycles. The van der Waals surface area contributed by atoms with E-state index in [0.717, 1.165) is 25.9 Å². The number of halogens is 3. The van der Waals surface area contributed by atoms with Crippen molar-refractivity contribution >= 4 is 5.91 Å². The van der Waals surface area contributed by atoms with Crippen LogP contribution in [0, 0.1) is 23.4 Å². The number of hydrogen-bond donors (Lipinski definition) is 2. The summed E-state index contributed by atoms with van der Waals surface area (Å²) in [7, 11) is 0. The highest BCUT2D eigenvalue weighted by Crippen LogP contribution is 2.15. The maximum absolute atomic E-state index is 13.4. The zero-order valence-corrected chi connectivity index (χ0v) is 10.3. The van der Waals surface area contributed by atoms with Gasteiger partial charge in [0.25, 0.3) is 5.91 Å². The second kappa shape index (κ2) is 6.06. The molecule has 1 saturated heterocycles. The number of rotatable bonds is 3. The molecule has 0 saturated carbocycles. The van der Waals surface area contributed by atoms with Crippen molar-refractivity contribution in [3.8, 4) is 0 Å². The first-order valence-corrected chi connectivity index (χ1v) is 6.21. The molecule has 0 aliphatic carbocycles. The van der Waals surface area contributed by atoms with Crippen molar-refractivity contribution < 1.29 is 18.0 Å². The minimum atomic E-state index is -1.18. The van der Waals surface area contributed by atoms with Crippen LogP contribution in [-0.4, -0.2) is 25.5 Å². The van der Waals surface area contributed by atoms with Crippen LogP contribution in [0.5, 0.6) is 0 Å². The summed E-state index contributed by atoms with van der Waals surface area (Å²) in [6, 6.07) is 1.01. The Bertz CT molecular complexity index is 450. The zero-order valence-electron chi connectivity index (χ0n) is 10.3. The van der Waals surface area contributed by atoms with E-state index in [2.05, 4.69) is 10.6 Å². The molecule has 19 heavy (non-hydrogen) atoms. The molecule has 1 fully saturated rings. The fraction of sp³-hybridized carbons (Fsp3) is 0.462. The van der Waals surface area contributed by atoms with Gasteiger partial charge in [0.15, 0.2) is 0 Å². The summed E-state index contributed by atoms with van der Waals surface area (Å²) < 4.78 is 39.5. The third-order valence-electron chi connectivity index (χ3n) is 3.24. The van der Waals surface area contributed by atoms with Crippen molar-refractivity contribution in [1.29, 1.82) is 0 Å². The lowest BCUT2D eigenvalue weighted by Crippen LogP contribution is -2.36. The van der Waals surface area contributed by atoms with Gasteiger partial charge in [0.1, 0.15) is 23.0 Å². The molecule has 1 amide bonds. The molecule has 0 aromatic heterocycles. The molecule has 6 heteroatoms. The van der Waals surface area contributed by atoms with Crippen molar-refractivity contribution in [3.05, 3.63) is 35.1 Å². The smallest absolute Gasteiger partial charge is 0.257 e. The minimum absolute atomic E-state index is 0.303. The van der Waals surface area contributed by atoms with Gasteiger partial charge >= 0.3 is 0 Å². The molecule has 104 valence electrons. The van der Waals surface area contributed by atoms with Gasteiger partial charge in [-0.3, -0.25) is 4.79 Å². The fourth-order valence-electron chi connectivity index (χ4n) is 2.17. The van der Waals surface area contributed by atoms with Gasteiger partial charge in [-0.1, -0.05) is 0 Å². The molecule has 2 rings (SSSR count). The van der Waals surface area contributed by atoms with Gasteiger partial charge in [-0.25, -0.2) is 13.2 Å². The van der Waals surface area contributed by atoms with Crippen molar-refractivity contribution in [2.75, 3.05) is 19.6 Å². The minimum Gasteiger partial charge on any atom is -0.352 e. The van der Waals surface area contributed by atoms with Crippen LogP contribution in [0.4, 0.5) is 13.2 Å². The Kier molecular flexibility index (Phi) is 4.42. The lowest BCUT2D eigenvalue weighted by molar-refractivity contribution is 0.0935. The third kappa shape index (κ3) is 3.47. The van der Waals surface area contributed by atoms with E-state index in [9.17, 15) is 18.0 Å². The first-order valence-electron chi connectivity index (χ1n) is 6.21. The number of nitrogens with one attached hydrogen (secondary N) is 2. The quantitative estimate of drug-likeness (QED) is 0.881. The molecule has 1 aromatic rings. The highest BCUT2D eigenvalue weighted by Gasteiger charge is 2.20. The number of hydrogen-bond acceptors (Lipinski definition) is 2. The van der Waals surface area contributed by atoms with Crippen LogP contribution in [0.1, 0.15) is 23.2 Å². The summed E-state index contributed by atoms with van der Waals surface area (Å²) in [6.07, 6.45) is 1.82. The third-order valence-corrected chi connectivity index (χ3v) is 3.24. The average Bonchev–Trinajstić information content (AvgIpc) is 2.36. The zero-order chi connectivity index (χ0) is 13.8. The number of amides is 1. The monoisotopic (exact) mass is 272 g/mol. The van der Waals surface area contributed by atoms with E-state index in [1.165, 1.54) is 0 Å². The van der Waals surface area contributed by atoms with E-state index in [1.807, 2.05) is 0 Å². The molecule has 0 radical (unpaired) electrons. The standard InChI is InChI=1S/C13H15F3N2O/c14-9-5-10(15)12(11(16)6-9)13(19)18-7-8-1-3-17-4-2-8/h5-6,8,17H,1-4,7H2,(H,18,19). The number of carbonyl (C=O) groups is 1. The van der Waals surface area contributed by atoms with Gasteiger partial charge in [-0.2, -0.15) is 0 Å². The molecule has 1 aliphatic rings. The molecule has 1 heterocycles. The van der Waals surface area contributed by atoms with Crippen LogP contribution in [0.3, 0.4) is 0 Å². The number of carbonyl (C=O) groups excluding carboxylic acids is 1. The number of benzene rings is 1. The van der Waals surface area contributed by atoms with Crippen molar-refractivity contribution in [1.82, 2.24) is 10.6 Å². The summed E-state index contributed by atoms with van der Waals surface area (Å²) >= 11 is 0. The van der Waals surface area contributed by atoms with Gasteiger partial charge in [0.05, 0.1) is 0 Å². The summed E-state index contributed by atoms with van der Waals surface area (Å²) in [5, 5.41) is 5.68. The molecule has 0 spiro atoms. The highest BCUT2D eigenvalue weighted by molar-refractivity contribution is 5.94. The lowest BCUT2D eigenvalue weighted by Gasteiger charge is -2.22. The van der Waals surface area contributed by atoms with E-state index >= 15 is 0 Å². The van der Waals surface area contributed by atoms with Crippen LogP contribution < -0.4 is 10.6 Å². The van der Waals surface area contributed by atoms with Gasteiger partial charge in [-0.15, -0.1) is 0 Å². The Morgan fingerprint density at radius 3 is 2.37 bits per heavy atom. The molecule has 1 aromatic carbocycles. The van der Waals surface area contributed by atoms with E-state index in [1.54, 1.807) is 0 Å². The lowest BCUT2D eigenvalue weighted by atomic mass is 9.98. The summed E-state index contributed by atoms with van der Waals surface area (Å²) in [6.45, 7) is 2.12. The largest absolute Gasteiger partial charge is 0.352 e. The topological polar surface area (TPSA) is 41.1 Å². The summed E-state index contributed by atoms with van der Waals surface area (Å²) in [5.41, 5.74) is -0.727.